The lowest BCUT2D eigenvalue weighted by atomic mass is 10.2. The van der Waals surface area contributed by atoms with Gasteiger partial charge in [-0.25, -0.2) is 0 Å². The number of nitro groups is 1. The van der Waals surface area contributed by atoms with Gasteiger partial charge in [-0.1, -0.05) is 48.6 Å². The van der Waals surface area contributed by atoms with E-state index in [-0.39, 0.29) is 16.6 Å². The predicted octanol–water partition coefficient (Wildman–Crippen LogP) is 3.86. The predicted molar refractivity (Wildman–Crippen MR) is 88.3 cm³/mol. The van der Waals surface area contributed by atoms with E-state index < -0.39 is 4.92 Å². The summed E-state index contributed by atoms with van der Waals surface area (Å²) in [6, 6.07) is 4.41. The molecule has 8 heteroatoms. The van der Waals surface area contributed by atoms with Crippen LogP contribution < -0.4 is 0 Å². The highest BCUT2D eigenvalue weighted by Crippen LogP contribution is 2.34. The minimum absolute atomic E-state index is 0.0654. The average molecular weight is 343 g/mol. The molecule has 1 heterocycles. The summed E-state index contributed by atoms with van der Waals surface area (Å²) in [7, 11) is 0. The zero-order valence-corrected chi connectivity index (χ0v) is 13.4. The maximum absolute atomic E-state index is 12.2. The molecule has 1 saturated heterocycles. The number of rotatable bonds is 4. The van der Waals surface area contributed by atoms with Crippen molar-refractivity contribution in [3.63, 3.8) is 0 Å². The van der Waals surface area contributed by atoms with E-state index in [9.17, 15) is 14.9 Å². The Morgan fingerprint density at radius 1 is 1.52 bits per heavy atom. The summed E-state index contributed by atoms with van der Waals surface area (Å²) in [6.07, 6.45) is 2.41. The number of thiocarbonyl (C=S) groups is 1. The molecule has 0 bridgehead atoms. The monoisotopic (exact) mass is 342 g/mol. The van der Waals surface area contributed by atoms with Gasteiger partial charge in [-0.15, -0.1) is 0 Å². The van der Waals surface area contributed by atoms with Crippen molar-refractivity contribution in [1.82, 2.24) is 4.90 Å². The number of thioether (sulfide) groups is 1. The zero-order chi connectivity index (χ0) is 15.6. The third-order valence-electron chi connectivity index (χ3n) is 2.79. The molecule has 0 unspecified atom stereocenters. The van der Waals surface area contributed by atoms with Gasteiger partial charge in [0, 0.05) is 12.6 Å². The Morgan fingerprint density at radius 3 is 2.86 bits per heavy atom. The molecule has 0 atom stereocenters. The van der Waals surface area contributed by atoms with Crippen molar-refractivity contribution in [3.05, 3.63) is 43.8 Å². The summed E-state index contributed by atoms with van der Waals surface area (Å²) < 4.78 is 0.511. The molecule has 0 aliphatic carbocycles. The fourth-order valence-electron chi connectivity index (χ4n) is 1.83. The number of carbonyl (C=O) groups excluding carboxylic acids is 1. The number of nitrogens with zero attached hydrogens (tertiary/aromatic N) is 2. The second-order valence-electron chi connectivity index (χ2n) is 4.30. The van der Waals surface area contributed by atoms with Crippen molar-refractivity contribution in [1.29, 1.82) is 0 Å². The summed E-state index contributed by atoms with van der Waals surface area (Å²) >= 11 is 12.1. The van der Waals surface area contributed by atoms with Crippen LogP contribution in [0.5, 0.6) is 0 Å². The Hall–Kier alpha value is -1.44. The van der Waals surface area contributed by atoms with Crippen LogP contribution in [-0.4, -0.2) is 26.6 Å². The number of benzene rings is 1. The van der Waals surface area contributed by atoms with Crippen LogP contribution in [0.15, 0.2) is 23.1 Å². The largest absolute Gasteiger partial charge is 0.293 e. The SMILES string of the molecule is CCCN1C(=O)/C(=C\c2ccc(Cl)c([N+](=O)[O-])c2)SC1=S. The molecule has 1 aliphatic rings. The molecule has 110 valence electrons. The Bertz CT molecular complexity index is 661. The maximum Gasteiger partial charge on any atom is 0.288 e. The van der Waals surface area contributed by atoms with Crippen LogP contribution in [0.4, 0.5) is 5.69 Å². The summed E-state index contributed by atoms with van der Waals surface area (Å²) in [5, 5.41) is 10.9. The molecule has 0 N–H and O–H groups in total. The third kappa shape index (κ3) is 3.42. The van der Waals surface area contributed by atoms with Crippen molar-refractivity contribution in [2.45, 2.75) is 13.3 Å². The summed E-state index contributed by atoms with van der Waals surface area (Å²) in [5.74, 6) is -0.163. The molecule has 0 radical (unpaired) electrons. The lowest BCUT2D eigenvalue weighted by molar-refractivity contribution is -0.384. The van der Waals surface area contributed by atoms with Crippen LogP contribution in [0.2, 0.25) is 5.02 Å². The molecule has 0 aromatic heterocycles. The molecular formula is C13H11ClN2O3S2. The lowest BCUT2D eigenvalue weighted by Crippen LogP contribution is -2.28. The smallest absolute Gasteiger partial charge is 0.288 e. The van der Waals surface area contributed by atoms with Crippen molar-refractivity contribution >= 4 is 57.6 Å². The van der Waals surface area contributed by atoms with E-state index in [2.05, 4.69) is 0 Å². The first-order valence-electron chi connectivity index (χ1n) is 6.13. The molecule has 1 fully saturated rings. The van der Waals surface area contributed by atoms with Crippen molar-refractivity contribution < 1.29 is 9.72 Å². The van der Waals surface area contributed by atoms with Gasteiger partial charge in [-0.2, -0.15) is 0 Å². The van der Waals surface area contributed by atoms with Crippen LogP contribution in [0.1, 0.15) is 18.9 Å². The molecule has 21 heavy (non-hydrogen) atoms. The van der Waals surface area contributed by atoms with Gasteiger partial charge < -0.3 is 0 Å². The molecule has 5 nitrogen and oxygen atoms in total. The highest BCUT2D eigenvalue weighted by molar-refractivity contribution is 8.26. The molecule has 1 amide bonds. The minimum Gasteiger partial charge on any atom is -0.293 e. The van der Waals surface area contributed by atoms with Gasteiger partial charge in [0.25, 0.3) is 11.6 Å². The highest BCUT2D eigenvalue weighted by Gasteiger charge is 2.31. The first-order chi connectivity index (χ1) is 9.93. The molecule has 1 aromatic rings. The van der Waals surface area contributed by atoms with Crippen LogP contribution in [0.3, 0.4) is 0 Å². The van der Waals surface area contributed by atoms with Crippen LogP contribution in [0, 0.1) is 10.1 Å². The Labute approximate surface area is 136 Å². The standard InChI is InChI=1S/C13H11ClN2O3S2/c1-2-5-15-12(17)11(21-13(15)20)7-8-3-4-9(14)10(6-8)16(18)19/h3-4,6-7H,2,5H2,1H3/b11-7+. The molecule has 1 aliphatic heterocycles. The summed E-state index contributed by atoms with van der Waals surface area (Å²) in [4.78, 5) is 24.5. The number of hydrogen-bond acceptors (Lipinski definition) is 5. The third-order valence-corrected chi connectivity index (χ3v) is 4.48. The Kier molecular flexibility index (Phi) is 4.97. The molecule has 0 spiro atoms. The molecule has 1 aromatic carbocycles. The number of hydrogen-bond donors (Lipinski definition) is 0. The summed E-state index contributed by atoms with van der Waals surface area (Å²) in [6.45, 7) is 2.54. The first kappa shape index (κ1) is 15.9. The van der Waals surface area contributed by atoms with Gasteiger partial charge in [0.2, 0.25) is 0 Å². The minimum atomic E-state index is -0.554. The lowest BCUT2D eigenvalue weighted by Gasteiger charge is -2.11. The van der Waals surface area contributed by atoms with E-state index in [1.54, 1.807) is 12.1 Å². The van der Waals surface area contributed by atoms with E-state index in [0.29, 0.717) is 21.3 Å². The van der Waals surface area contributed by atoms with Crippen molar-refractivity contribution in [2.75, 3.05) is 6.54 Å². The Balaban J connectivity index is 2.33. The van der Waals surface area contributed by atoms with E-state index in [4.69, 9.17) is 23.8 Å². The van der Waals surface area contributed by atoms with Gasteiger partial charge >= 0.3 is 0 Å². The molecule has 2 rings (SSSR count). The van der Waals surface area contributed by atoms with Crippen LogP contribution in [0.25, 0.3) is 6.08 Å². The second kappa shape index (κ2) is 6.55. The van der Waals surface area contributed by atoms with Gasteiger partial charge in [0.05, 0.1) is 9.83 Å². The fraction of sp³-hybridized carbons (Fsp3) is 0.231. The van der Waals surface area contributed by atoms with Gasteiger partial charge in [-0.3, -0.25) is 19.8 Å². The van der Waals surface area contributed by atoms with Gasteiger partial charge in [-0.05, 0) is 24.1 Å². The maximum atomic E-state index is 12.2. The number of halogens is 1. The normalized spacial score (nSPS) is 16.9. The topological polar surface area (TPSA) is 63.5 Å². The van der Waals surface area contributed by atoms with Crippen molar-refractivity contribution in [2.24, 2.45) is 0 Å². The van der Waals surface area contributed by atoms with Crippen molar-refractivity contribution in [3.8, 4) is 0 Å². The Morgan fingerprint density at radius 2 is 2.24 bits per heavy atom. The van der Waals surface area contributed by atoms with E-state index in [1.165, 1.54) is 28.8 Å². The van der Waals surface area contributed by atoms with Crippen LogP contribution in [-0.2, 0) is 4.79 Å². The quantitative estimate of drug-likeness (QED) is 0.360. The second-order valence-corrected chi connectivity index (χ2v) is 6.38. The highest BCUT2D eigenvalue weighted by atomic mass is 35.5. The number of carbonyl (C=O) groups is 1. The molecule has 0 saturated carbocycles. The zero-order valence-electron chi connectivity index (χ0n) is 11.0. The fourth-order valence-corrected chi connectivity index (χ4v) is 3.32. The molecular weight excluding hydrogens is 332 g/mol. The number of nitro benzene ring substituents is 1. The van der Waals surface area contributed by atoms with Crippen LogP contribution >= 0.6 is 35.6 Å². The first-order valence-corrected chi connectivity index (χ1v) is 7.73. The average Bonchev–Trinajstić information content (AvgIpc) is 2.69. The summed E-state index contributed by atoms with van der Waals surface area (Å²) in [5.41, 5.74) is 0.359. The van der Waals surface area contributed by atoms with E-state index in [1.807, 2.05) is 6.92 Å². The van der Waals surface area contributed by atoms with E-state index in [0.717, 1.165) is 6.42 Å². The van der Waals surface area contributed by atoms with Gasteiger partial charge in [0.15, 0.2) is 0 Å². The van der Waals surface area contributed by atoms with E-state index >= 15 is 0 Å². The number of amides is 1. The van der Waals surface area contributed by atoms with Gasteiger partial charge in [0.1, 0.15) is 9.34 Å².